The molecular weight excluding hydrogens is 339 g/mol. The molecule has 0 saturated carbocycles. The number of methoxy groups -OCH3 is 2. The molecule has 0 radical (unpaired) electrons. The zero-order valence-corrected chi connectivity index (χ0v) is 13.2. The summed E-state index contributed by atoms with van der Waals surface area (Å²) in [5.74, 6) is 1.42. The maximum absolute atomic E-state index is 12.6. The van der Waals surface area contributed by atoms with E-state index in [9.17, 15) is 13.2 Å². The fraction of sp³-hybridized carbons (Fsp3) is 0.200. The minimum Gasteiger partial charge on any atom is -0.493 e. The Morgan fingerprint density at radius 3 is 2.36 bits per heavy atom. The number of nitrogens with zero attached hydrogens (tertiary/aromatic N) is 5. The van der Waals surface area contributed by atoms with Crippen molar-refractivity contribution in [1.29, 1.82) is 0 Å². The third-order valence-electron chi connectivity index (χ3n) is 3.34. The Hall–Kier alpha value is -3.17. The molecule has 0 aliphatic heterocycles. The molecule has 1 aromatic carbocycles. The molecule has 7 nitrogen and oxygen atoms in total. The smallest absolute Gasteiger partial charge is 0.417 e. The summed E-state index contributed by atoms with van der Waals surface area (Å²) in [7, 11) is 3.01. The van der Waals surface area contributed by atoms with Crippen LogP contribution < -0.4 is 9.47 Å². The van der Waals surface area contributed by atoms with E-state index in [-0.39, 0.29) is 11.6 Å². The summed E-state index contributed by atoms with van der Waals surface area (Å²) in [5, 5.41) is 11.8. The van der Waals surface area contributed by atoms with Crippen molar-refractivity contribution >= 4 is 0 Å². The number of pyridine rings is 1. The van der Waals surface area contributed by atoms with E-state index in [2.05, 4.69) is 20.4 Å². The summed E-state index contributed by atoms with van der Waals surface area (Å²) in [5.41, 5.74) is -0.243. The minimum absolute atomic E-state index is 0.118. The van der Waals surface area contributed by atoms with Gasteiger partial charge in [-0.1, -0.05) is 0 Å². The lowest BCUT2D eigenvalue weighted by Gasteiger charge is -2.07. The van der Waals surface area contributed by atoms with Gasteiger partial charge >= 0.3 is 6.18 Å². The second-order valence-electron chi connectivity index (χ2n) is 4.88. The first-order valence-electron chi connectivity index (χ1n) is 6.98. The van der Waals surface area contributed by atoms with Crippen LogP contribution in [0.4, 0.5) is 13.2 Å². The van der Waals surface area contributed by atoms with Gasteiger partial charge in [-0.3, -0.25) is 0 Å². The van der Waals surface area contributed by atoms with Gasteiger partial charge in [0.15, 0.2) is 17.3 Å². The largest absolute Gasteiger partial charge is 0.493 e. The molecule has 0 unspecified atom stereocenters. The number of halogens is 3. The molecule has 10 heteroatoms. The fourth-order valence-corrected chi connectivity index (χ4v) is 2.07. The highest BCUT2D eigenvalue weighted by atomic mass is 19.4. The van der Waals surface area contributed by atoms with Crippen molar-refractivity contribution in [2.45, 2.75) is 6.18 Å². The van der Waals surface area contributed by atoms with Crippen molar-refractivity contribution in [3.05, 3.63) is 42.1 Å². The monoisotopic (exact) mass is 351 g/mol. The van der Waals surface area contributed by atoms with Gasteiger partial charge in [-0.2, -0.15) is 13.2 Å². The third kappa shape index (κ3) is 3.37. The van der Waals surface area contributed by atoms with E-state index in [0.717, 1.165) is 17.1 Å². The zero-order valence-electron chi connectivity index (χ0n) is 13.2. The molecule has 3 rings (SSSR count). The maximum atomic E-state index is 12.6. The number of rotatable bonds is 4. The van der Waals surface area contributed by atoms with E-state index in [1.54, 1.807) is 18.2 Å². The van der Waals surface area contributed by atoms with Crippen LogP contribution in [0.2, 0.25) is 0 Å². The van der Waals surface area contributed by atoms with Gasteiger partial charge in [0.05, 0.1) is 19.8 Å². The Morgan fingerprint density at radius 2 is 1.76 bits per heavy atom. The topological polar surface area (TPSA) is 75.0 Å². The fourth-order valence-electron chi connectivity index (χ4n) is 2.07. The van der Waals surface area contributed by atoms with E-state index >= 15 is 0 Å². The van der Waals surface area contributed by atoms with Crippen molar-refractivity contribution in [1.82, 2.24) is 25.2 Å². The van der Waals surface area contributed by atoms with Gasteiger partial charge in [-0.05, 0) is 35.5 Å². The van der Waals surface area contributed by atoms with E-state index < -0.39 is 11.7 Å². The molecule has 25 heavy (non-hydrogen) atoms. The summed E-state index contributed by atoms with van der Waals surface area (Å²) >= 11 is 0. The first kappa shape index (κ1) is 16.7. The molecular formula is C15H12F3N5O2. The molecule has 0 bridgehead atoms. The van der Waals surface area contributed by atoms with Crippen LogP contribution in [0.25, 0.3) is 17.2 Å². The number of hydrogen-bond donors (Lipinski definition) is 0. The first-order valence-corrected chi connectivity index (χ1v) is 6.98. The van der Waals surface area contributed by atoms with E-state index in [4.69, 9.17) is 9.47 Å². The highest BCUT2D eigenvalue weighted by Crippen LogP contribution is 2.31. The molecule has 3 aromatic rings. The van der Waals surface area contributed by atoms with Crippen LogP contribution in [0.1, 0.15) is 5.56 Å². The van der Waals surface area contributed by atoms with Crippen LogP contribution in [0, 0.1) is 0 Å². The summed E-state index contributed by atoms with van der Waals surface area (Å²) in [4.78, 5) is 4.76. The first-order chi connectivity index (χ1) is 11.9. The Morgan fingerprint density at radius 1 is 1.00 bits per heavy atom. The van der Waals surface area contributed by atoms with Crippen molar-refractivity contribution in [2.75, 3.05) is 14.2 Å². The van der Waals surface area contributed by atoms with Gasteiger partial charge in [0.1, 0.15) is 0 Å². The summed E-state index contributed by atoms with van der Waals surface area (Å²) in [6.07, 6.45) is -3.74. The molecule has 0 aliphatic carbocycles. The van der Waals surface area contributed by atoms with E-state index in [0.29, 0.717) is 17.1 Å². The van der Waals surface area contributed by atoms with Crippen molar-refractivity contribution in [2.24, 2.45) is 0 Å². The number of benzene rings is 1. The SMILES string of the molecule is COc1ccc(-c2nnn(-c3ccc(C(F)(F)F)cn3)n2)cc1OC. The molecule has 0 saturated heterocycles. The van der Waals surface area contributed by atoms with Crippen LogP contribution in [0.15, 0.2) is 36.5 Å². The minimum atomic E-state index is -4.45. The summed E-state index contributed by atoms with van der Waals surface area (Å²) in [6.45, 7) is 0. The Balaban J connectivity index is 1.90. The molecule has 2 aromatic heterocycles. The lowest BCUT2D eigenvalue weighted by Crippen LogP contribution is -2.08. The Labute approximate surface area is 140 Å². The molecule has 2 heterocycles. The highest BCUT2D eigenvalue weighted by molar-refractivity contribution is 5.60. The van der Waals surface area contributed by atoms with Crippen LogP contribution in [0.5, 0.6) is 11.5 Å². The van der Waals surface area contributed by atoms with E-state index in [1.165, 1.54) is 20.3 Å². The highest BCUT2D eigenvalue weighted by Gasteiger charge is 2.30. The second kappa shape index (κ2) is 6.38. The van der Waals surface area contributed by atoms with Crippen LogP contribution >= 0.6 is 0 Å². The second-order valence-corrected chi connectivity index (χ2v) is 4.88. The molecule has 0 N–H and O–H groups in total. The normalized spacial score (nSPS) is 11.4. The van der Waals surface area contributed by atoms with Gasteiger partial charge in [0.2, 0.25) is 5.82 Å². The van der Waals surface area contributed by atoms with Gasteiger partial charge in [0, 0.05) is 11.8 Å². The Kier molecular flexibility index (Phi) is 4.26. The summed E-state index contributed by atoms with van der Waals surface area (Å²) < 4.78 is 48.1. The third-order valence-corrected chi connectivity index (χ3v) is 3.34. The standard InChI is InChI=1S/C15H12F3N5O2/c1-24-11-5-3-9(7-12(11)25-2)14-20-22-23(21-14)13-6-4-10(8-19-13)15(16,17)18/h3-8H,1-2H3. The van der Waals surface area contributed by atoms with Gasteiger partial charge in [-0.15, -0.1) is 15.0 Å². The zero-order chi connectivity index (χ0) is 18.0. The van der Waals surface area contributed by atoms with Gasteiger partial charge in [-0.25, -0.2) is 4.98 Å². The maximum Gasteiger partial charge on any atom is 0.417 e. The number of hydrogen-bond acceptors (Lipinski definition) is 6. The molecule has 130 valence electrons. The predicted molar refractivity (Wildman–Crippen MR) is 80.5 cm³/mol. The lowest BCUT2D eigenvalue weighted by molar-refractivity contribution is -0.137. The van der Waals surface area contributed by atoms with Crippen LogP contribution in [0.3, 0.4) is 0 Å². The van der Waals surface area contributed by atoms with Crippen molar-refractivity contribution in [3.8, 4) is 28.7 Å². The molecule has 0 spiro atoms. The lowest BCUT2D eigenvalue weighted by atomic mass is 10.2. The number of ether oxygens (including phenoxy) is 2. The van der Waals surface area contributed by atoms with Gasteiger partial charge in [0.25, 0.3) is 0 Å². The van der Waals surface area contributed by atoms with E-state index in [1.807, 2.05) is 0 Å². The molecule has 0 fully saturated rings. The van der Waals surface area contributed by atoms with Crippen LogP contribution in [-0.4, -0.2) is 39.4 Å². The molecule has 0 atom stereocenters. The predicted octanol–water partition coefficient (Wildman–Crippen LogP) is 2.76. The number of aromatic nitrogens is 5. The quantitative estimate of drug-likeness (QED) is 0.720. The molecule has 0 amide bonds. The Bertz CT molecular complexity index is 878. The molecule has 0 aliphatic rings. The average Bonchev–Trinajstić information content (AvgIpc) is 3.10. The number of alkyl halides is 3. The number of tetrazole rings is 1. The average molecular weight is 351 g/mol. The van der Waals surface area contributed by atoms with Gasteiger partial charge < -0.3 is 9.47 Å². The van der Waals surface area contributed by atoms with Crippen LogP contribution in [-0.2, 0) is 6.18 Å². The summed E-state index contributed by atoms with van der Waals surface area (Å²) in [6, 6.07) is 7.14. The van der Waals surface area contributed by atoms with Crippen molar-refractivity contribution in [3.63, 3.8) is 0 Å². The van der Waals surface area contributed by atoms with Crippen molar-refractivity contribution < 1.29 is 22.6 Å².